The summed E-state index contributed by atoms with van der Waals surface area (Å²) < 4.78 is 0. The Bertz CT molecular complexity index is 402. The van der Waals surface area contributed by atoms with Gasteiger partial charge in [0.25, 0.3) is 0 Å². The Morgan fingerprint density at radius 1 is 1.47 bits per heavy atom. The van der Waals surface area contributed by atoms with Gasteiger partial charge in [0.2, 0.25) is 0 Å². The summed E-state index contributed by atoms with van der Waals surface area (Å²) in [5.41, 5.74) is 2.62. The van der Waals surface area contributed by atoms with Gasteiger partial charge < -0.3 is 10.3 Å². The molecule has 3 rings (SSSR count). The van der Waals surface area contributed by atoms with Crippen molar-refractivity contribution in [3.8, 4) is 0 Å². The van der Waals surface area contributed by atoms with Crippen molar-refractivity contribution in [2.75, 3.05) is 23.1 Å². The molecule has 2 unspecified atom stereocenters. The third kappa shape index (κ3) is 1.95. The average Bonchev–Trinajstić information content (AvgIpc) is 3.00. The molecule has 2 atom stereocenters. The zero-order valence-corrected chi connectivity index (χ0v) is 10.7. The van der Waals surface area contributed by atoms with E-state index in [1.165, 1.54) is 19.3 Å². The first-order valence-corrected chi connectivity index (χ1v) is 7.19. The molecular formula is C11H17N5S. The molecule has 0 spiro atoms. The van der Waals surface area contributed by atoms with Crippen LogP contribution >= 0.6 is 11.8 Å². The summed E-state index contributed by atoms with van der Waals surface area (Å²) in [6.45, 7) is 1.14. The average molecular weight is 251 g/mol. The molecule has 2 fully saturated rings. The molecule has 2 bridgehead atoms. The molecule has 2 aliphatic rings. The molecule has 0 amide bonds. The summed E-state index contributed by atoms with van der Waals surface area (Å²) >= 11 is 1.55. The Balaban J connectivity index is 1.91. The summed E-state index contributed by atoms with van der Waals surface area (Å²) in [5, 5.41) is 0.776. The number of piperidine rings is 1. The van der Waals surface area contributed by atoms with E-state index >= 15 is 0 Å². The maximum Gasteiger partial charge on any atom is 0.191 e. The van der Waals surface area contributed by atoms with E-state index in [9.17, 15) is 0 Å². The number of nitrogens with two attached hydrogens (primary N) is 1. The third-order valence-electron chi connectivity index (χ3n) is 3.73. The van der Waals surface area contributed by atoms with Gasteiger partial charge in [0.15, 0.2) is 5.16 Å². The van der Waals surface area contributed by atoms with E-state index < -0.39 is 0 Å². The Hall–Kier alpha value is -1.01. The maximum absolute atomic E-state index is 5.45. The van der Waals surface area contributed by atoms with Gasteiger partial charge >= 0.3 is 0 Å². The maximum atomic E-state index is 5.45. The number of anilines is 2. The smallest absolute Gasteiger partial charge is 0.191 e. The fraction of sp³-hybridized carbons (Fsp3) is 0.636. The SMILES string of the molecule is CSc1nc(NN)cc(N2CC3CCC2C3)n1. The second kappa shape index (κ2) is 4.34. The number of nitrogens with one attached hydrogen (secondary N) is 1. The van der Waals surface area contributed by atoms with E-state index in [4.69, 9.17) is 5.84 Å². The minimum absolute atomic E-state index is 0.676. The number of aromatic nitrogens is 2. The van der Waals surface area contributed by atoms with Crippen molar-refractivity contribution in [3.05, 3.63) is 6.07 Å². The minimum atomic E-state index is 0.676. The Labute approximate surface area is 105 Å². The quantitative estimate of drug-likeness (QED) is 0.367. The van der Waals surface area contributed by atoms with Gasteiger partial charge in [-0.3, -0.25) is 0 Å². The summed E-state index contributed by atoms with van der Waals surface area (Å²) in [6, 6.07) is 2.62. The molecule has 92 valence electrons. The predicted octanol–water partition coefficient (Wildman–Crippen LogP) is 1.47. The number of hydrogen-bond acceptors (Lipinski definition) is 6. The van der Waals surface area contributed by atoms with Gasteiger partial charge in [0.05, 0.1) is 0 Å². The van der Waals surface area contributed by atoms with E-state index in [0.29, 0.717) is 11.9 Å². The van der Waals surface area contributed by atoms with Crippen molar-refractivity contribution >= 4 is 23.4 Å². The molecule has 1 aromatic rings. The van der Waals surface area contributed by atoms with Crippen LogP contribution in [-0.4, -0.2) is 28.8 Å². The van der Waals surface area contributed by atoms with Crippen LogP contribution in [0.4, 0.5) is 11.6 Å². The predicted molar refractivity (Wildman–Crippen MR) is 70.1 cm³/mol. The molecule has 1 aliphatic heterocycles. The third-order valence-corrected chi connectivity index (χ3v) is 4.27. The highest BCUT2D eigenvalue weighted by molar-refractivity contribution is 7.98. The topological polar surface area (TPSA) is 67.1 Å². The van der Waals surface area contributed by atoms with Crippen molar-refractivity contribution in [1.29, 1.82) is 0 Å². The number of fused-ring (bicyclic) bond motifs is 2. The van der Waals surface area contributed by atoms with E-state index in [1.54, 1.807) is 11.8 Å². The fourth-order valence-corrected chi connectivity index (χ4v) is 3.30. The summed E-state index contributed by atoms with van der Waals surface area (Å²) in [6.07, 6.45) is 5.98. The van der Waals surface area contributed by atoms with Crippen LogP contribution in [0.25, 0.3) is 0 Å². The van der Waals surface area contributed by atoms with E-state index in [1.807, 2.05) is 12.3 Å². The second-order valence-electron chi connectivity index (χ2n) is 4.73. The Morgan fingerprint density at radius 2 is 2.35 bits per heavy atom. The van der Waals surface area contributed by atoms with Gasteiger partial charge in [-0.05, 0) is 31.4 Å². The highest BCUT2D eigenvalue weighted by Gasteiger charge is 2.38. The van der Waals surface area contributed by atoms with Gasteiger partial charge in [-0.1, -0.05) is 11.8 Å². The van der Waals surface area contributed by atoms with E-state index in [2.05, 4.69) is 20.3 Å². The van der Waals surface area contributed by atoms with Gasteiger partial charge in [0, 0.05) is 18.7 Å². The number of hydrogen-bond donors (Lipinski definition) is 2. The lowest BCUT2D eigenvalue weighted by Gasteiger charge is -2.28. The van der Waals surface area contributed by atoms with Crippen LogP contribution < -0.4 is 16.2 Å². The zero-order chi connectivity index (χ0) is 11.8. The van der Waals surface area contributed by atoms with Crippen LogP contribution in [0.1, 0.15) is 19.3 Å². The first-order valence-electron chi connectivity index (χ1n) is 5.96. The number of rotatable bonds is 3. The molecule has 3 N–H and O–H groups in total. The Morgan fingerprint density at radius 3 is 2.94 bits per heavy atom. The van der Waals surface area contributed by atoms with E-state index in [-0.39, 0.29) is 0 Å². The van der Waals surface area contributed by atoms with E-state index in [0.717, 1.165) is 23.4 Å². The van der Waals surface area contributed by atoms with Crippen LogP contribution in [0.2, 0.25) is 0 Å². The van der Waals surface area contributed by atoms with Gasteiger partial charge in [0.1, 0.15) is 11.6 Å². The molecule has 1 saturated heterocycles. The van der Waals surface area contributed by atoms with Crippen molar-refractivity contribution in [1.82, 2.24) is 9.97 Å². The number of hydrazine groups is 1. The largest absolute Gasteiger partial charge is 0.353 e. The van der Waals surface area contributed by atoms with Crippen LogP contribution in [-0.2, 0) is 0 Å². The molecule has 0 radical (unpaired) electrons. The minimum Gasteiger partial charge on any atom is -0.353 e. The van der Waals surface area contributed by atoms with Gasteiger partial charge in [-0.25, -0.2) is 15.8 Å². The highest BCUT2D eigenvalue weighted by atomic mass is 32.2. The first kappa shape index (κ1) is 11.1. The lowest BCUT2D eigenvalue weighted by atomic mass is 10.1. The Kier molecular flexibility index (Phi) is 2.84. The van der Waals surface area contributed by atoms with Gasteiger partial charge in [-0.2, -0.15) is 0 Å². The molecular weight excluding hydrogens is 234 g/mol. The standard InChI is InChI=1S/C11H17N5S/c1-17-11-13-9(15-12)5-10(14-11)16-6-7-2-3-8(16)4-7/h5,7-8H,2-4,6,12H2,1H3,(H,13,14,15). The summed E-state index contributed by atoms with van der Waals surface area (Å²) in [7, 11) is 0. The van der Waals surface area contributed by atoms with Crippen LogP contribution in [0, 0.1) is 5.92 Å². The van der Waals surface area contributed by atoms with Crippen LogP contribution in [0.5, 0.6) is 0 Å². The molecule has 17 heavy (non-hydrogen) atoms. The number of nitrogen functional groups attached to an aromatic ring is 1. The molecule has 1 aliphatic carbocycles. The molecule has 6 heteroatoms. The molecule has 2 heterocycles. The van der Waals surface area contributed by atoms with Crippen molar-refractivity contribution in [2.24, 2.45) is 11.8 Å². The van der Waals surface area contributed by atoms with Crippen molar-refractivity contribution < 1.29 is 0 Å². The molecule has 5 nitrogen and oxygen atoms in total. The lowest BCUT2D eigenvalue weighted by Crippen LogP contribution is -2.32. The van der Waals surface area contributed by atoms with Gasteiger partial charge in [-0.15, -0.1) is 0 Å². The molecule has 0 aromatic carbocycles. The highest BCUT2D eigenvalue weighted by Crippen LogP contribution is 2.40. The number of thioether (sulfide) groups is 1. The normalized spacial score (nSPS) is 26.6. The summed E-state index contributed by atoms with van der Waals surface area (Å²) in [4.78, 5) is 11.3. The first-order chi connectivity index (χ1) is 8.30. The molecule has 1 aromatic heterocycles. The zero-order valence-electron chi connectivity index (χ0n) is 9.89. The molecule has 1 saturated carbocycles. The monoisotopic (exact) mass is 251 g/mol. The van der Waals surface area contributed by atoms with Crippen molar-refractivity contribution in [3.63, 3.8) is 0 Å². The summed E-state index contributed by atoms with van der Waals surface area (Å²) in [5.74, 6) is 8.03. The van der Waals surface area contributed by atoms with Crippen LogP contribution in [0.15, 0.2) is 11.2 Å². The van der Waals surface area contributed by atoms with Crippen molar-refractivity contribution in [2.45, 2.75) is 30.5 Å². The number of nitrogens with zero attached hydrogens (tertiary/aromatic N) is 3. The second-order valence-corrected chi connectivity index (χ2v) is 5.50. The van der Waals surface area contributed by atoms with Crippen LogP contribution in [0.3, 0.4) is 0 Å². The fourth-order valence-electron chi connectivity index (χ4n) is 2.93. The lowest BCUT2D eigenvalue weighted by molar-refractivity contribution is 0.549.